The number of carboxylic acid groups (broad SMARTS) is 1. The normalized spacial score (nSPS) is 4.17. The average molecular weight is 224 g/mol. The molecule has 0 saturated heterocycles. The molecule has 0 aromatic rings. The molecule has 0 rings (SSSR count). The zero-order chi connectivity index (χ0) is 3.58. The monoisotopic (exact) mass is 224 g/mol. The van der Waals surface area contributed by atoms with E-state index in [-0.39, 0.29) is 36.4 Å². The topological polar surface area (TPSA) is 37.3 Å². The van der Waals surface area contributed by atoms with E-state index < -0.39 is 5.97 Å². The lowest BCUT2D eigenvalue weighted by Gasteiger charge is -1.59. The molecule has 0 unspecified atom stereocenters. The van der Waals surface area contributed by atoms with Crippen LogP contribution >= 0.6 is 36.4 Å². The van der Waals surface area contributed by atoms with Crippen LogP contribution in [0.2, 0.25) is 0 Å². The fourth-order valence-corrected chi connectivity index (χ4v) is 0. The maximum atomic E-state index is 9.00. The minimum Gasteiger partial charge on any atom is -0.481 e. The number of carboxylic acids is 1. The van der Waals surface area contributed by atoms with Gasteiger partial charge < -0.3 is 5.11 Å². The van der Waals surface area contributed by atoms with Gasteiger partial charge in [0.2, 0.25) is 0 Å². The molecule has 40 valence electrons. The number of hydrogen-bond donors (Lipinski definition) is 1. The Bertz CT molecular complexity index is 34.5. The van der Waals surface area contributed by atoms with E-state index in [1.165, 1.54) is 0 Å². The van der Waals surface area contributed by atoms with Crippen LogP contribution in [0.1, 0.15) is 6.92 Å². The third kappa shape index (κ3) is 228. The molecular weight excluding hydrogens is 218 g/mol. The van der Waals surface area contributed by atoms with Crippen LogP contribution in [0.15, 0.2) is 0 Å². The smallest absolute Gasteiger partial charge is 0.300 e. The molecule has 2 nitrogen and oxygen atoms in total. The molecule has 0 aromatic carbocycles. The van der Waals surface area contributed by atoms with Gasteiger partial charge in [-0.15, -0.1) is 36.4 Å². The molecule has 0 bridgehead atoms. The minimum atomic E-state index is -0.833. The largest absolute Gasteiger partial charge is 0.481 e. The predicted octanol–water partition coefficient (Wildman–Crippen LogP) is 1.13. The van der Waals surface area contributed by atoms with E-state index in [1.807, 2.05) is 0 Å². The summed E-state index contributed by atoms with van der Waals surface area (Å²) in [5.74, 6) is -0.833. The first-order chi connectivity index (χ1) is 1.73. The van der Waals surface area contributed by atoms with E-state index in [0.717, 1.165) is 6.92 Å². The van der Waals surface area contributed by atoms with Crippen molar-refractivity contribution in [3.05, 3.63) is 0 Å². The second-order valence-electron chi connectivity index (χ2n) is 0.519. The van der Waals surface area contributed by atoms with E-state index >= 15 is 0 Å². The molecule has 0 amide bonds. The van der Waals surface area contributed by atoms with E-state index in [9.17, 15) is 0 Å². The van der Waals surface area contributed by atoms with Crippen molar-refractivity contribution in [2.24, 2.45) is 0 Å². The third-order valence-electron chi connectivity index (χ3n) is 0. The van der Waals surface area contributed by atoms with Gasteiger partial charge >= 0.3 is 0 Å². The number of halogens is 2. The van der Waals surface area contributed by atoms with Crippen molar-refractivity contribution in [2.75, 3.05) is 0 Å². The van der Waals surface area contributed by atoms with Gasteiger partial charge in [0, 0.05) is 6.92 Å². The fraction of sp³-hybridized carbons (Fsp3) is 0.500. The molecular formula is C2H6ClIO2. The summed E-state index contributed by atoms with van der Waals surface area (Å²) in [6.07, 6.45) is 0. The average Bonchev–Trinajstić information content (AvgIpc) is 0.811. The summed E-state index contributed by atoms with van der Waals surface area (Å²) in [7, 11) is 0. The Hall–Kier alpha value is 0.490. The Morgan fingerprint density at radius 3 is 1.67 bits per heavy atom. The minimum absolute atomic E-state index is 0. The van der Waals surface area contributed by atoms with Crippen LogP contribution in [0.3, 0.4) is 0 Å². The van der Waals surface area contributed by atoms with E-state index in [0.29, 0.717) is 0 Å². The molecule has 0 atom stereocenters. The summed E-state index contributed by atoms with van der Waals surface area (Å²) < 4.78 is 0. The molecule has 0 heterocycles. The van der Waals surface area contributed by atoms with Crippen molar-refractivity contribution < 1.29 is 9.90 Å². The molecule has 0 aliphatic carbocycles. The zero-order valence-corrected chi connectivity index (χ0v) is 6.32. The van der Waals surface area contributed by atoms with Crippen LogP contribution in [0.5, 0.6) is 0 Å². The highest BCUT2D eigenvalue weighted by molar-refractivity contribution is 14.0. The second-order valence-corrected chi connectivity index (χ2v) is 0.519. The van der Waals surface area contributed by atoms with Crippen molar-refractivity contribution in [2.45, 2.75) is 6.92 Å². The first-order valence-corrected chi connectivity index (χ1v) is 0.928. The van der Waals surface area contributed by atoms with E-state index in [1.54, 1.807) is 0 Å². The van der Waals surface area contributed by atoms with Crippen LogP contribution in [0.4, 0.5) is 0 Å². The molecule has 0 saturated carbocycles. The van der Waals surface area contributed by atoms with Crippen molar-refractivity contribution in [3.63, 3.8) is 0 Å². The van der Waals surface area contributed by atoms with Crippen LogP contribution in [0, 0.1) is 0 Å². The summed E-state index contributed by atoms with van der Waals surface area (Å²) in [4.78, 5) is 9.00. The SMILES string of the molecule is CC(=O)O.Cl.I. The van der Waals surface area contributed by atoms with Gasteiger partial charge in [-0.25, -0.2) is 0 Å². The Morgan fingerprint density at radius 1 is 1.67 bits per heavy atom. The fourth-order valence-electron chi connectivity index (χ4n) is 0. The van der Waals surface area contributed by atoms with Gasteiger partial charge in [0.1, 0.15) is 0 Å². The summed E-state index contributed by atoms with van der Waals surface area (Å²) in [5, 5.41) is 7.42. The lowest BCUT2D eigenvalue weighted by atomic mass is 10.9. The lowest BCUT2D eigenvalue weighted by molar-refractivity contribution is -0.134. The van der Waals surface area contributed by atoms with Gasteiger partial charge in [0.15, 0.2) is 0 Å². The van der Waals surface area contributed by atoms with Gasteiger partial charge in [-0.05, 0) is 0 Å². The lowest BCUT2D eigenvalue weighted by Crippen LogP contribution is -1.78. The molecule has 6 heavy (non-hydrogen) atoms. The maximum Gasteiger partial charge on any atom is 0.300 e. The number of rotatable bonds is 0. The summed E-state index contributed by atoms with van der Waals surface area (Å²) >= 11 is 0. The predicted molar refractivity (Wildman–Crippen MR) is 36.0 cm³/mol. The summed E-state index contributed by atoms with van der Waals surface area (Å²) in [6.45, 7) is 1.08. The summed E-state index contributed by atoms with van der Waals surface area (Å²) in [6, 6.07) is 0. The molecule has 4 heteroatoms. The first-order valence-electron chi connectivity index (χ1n) is 0.928. The van der Waals surface area contributed by atoms with Gasteiger partial charge in [-0.3, -0.25) is 4.79 Å². The highest BCUT2D eigenvalue weighted by atomic mass is 127. The molecule has 0 spiro atoms. The van der Waals surface area contributed by atoms with Gasteiger partial charge in [0.25, 0.3) is 5.97 Å². The first kappa shape index (κ1) is 16.1. The molecule has 0 aliphatic rings. The molecule has 0 aliphatic heterocycles. The third-order valence-corrected chi connectivity index (χ3v) is 0. The quantitative estimate of drug-likeness (QED) is 0.626. The van der Waals surface area contributed by atoms with Crippen molar-refractivity contribution in [3.8, 4) is 0 Å². The molecule has 0 fully saturated rings. The summed E-state index contributed by atoms with van der Waals surface area (Å²) in [5.41, 5.74) is 0. The zero-order valence-electron chi connectivity index (χ0n) is 3.17. The van der Waals surface area contributed by atoms with E-state index in [2.05, 4.69) is 0 Å². The van der Waals surface area contributed by atoms with Crippen LogP contribution in [-0.2, 0) is 4.79 Å². The van der Waals surface area contributed by atoms with Gasteiger partial charge in [-0.1, -0.05) is 0 Å². The molecule has 0 aromatic heterocycles. The van der Waals surface area contributed by atoms with E-state index in [4.69, 9.17) is 9.90 Å². The second kappa shape index (κ2) is 9.09. The Labute approximate surface area is 59.4 Å². The highest BCUT2D eigenvalue weighted by Crippen LogP contribution is 1.42. The molecule has 1 N–H and O–H groups in total. The number of aliphatic carboxylic acids is 1. The Kier molecular flexibility index (Phi) is 24.3. The maximum absolute atomic E-state index is 9.00. The highest BCUT2D eigenvalue weighted by Gasteiger charge is 1.65. The van der Waals surface area contributed by atoms with Crippen molar-refractivity contribution in [1.82, 2.24) is 0 Å². The number of hydrogen-bond acceptors (Lipinski definition) is 1. The van der Waals surface area contributed by atoms with Gasteiger partial charge in [0.05, 0.1) is 0 Å². The van der Waals surface area contributed by atoms with Gasteiger partial charge in [-0.2, -0.15) is 0 Å². The van der Waals surface area contributed by atoms with Crippen molar-refractivity contribution in [1.29, 1.82) is 0 Å². The van der Waals surface area contributed by atoms with Crippen LogP contribution < -0.4 is 0 Å². The Balaban J connectivity index is -0.0000000450. The van der Waals surface area contributed by atoms with Crippen LogP contribution in [0.25, 0.3) is 0 Å². The Morgan fingerprint density at radius 2 is 1.67 bits per heavy atom. The standard InChI is InChI=1S/C2H4O2.ClH.HI/c1-2(3)4;;/h1H3,(H,3,4);2*1H. The van der Waals surface area contributed by atoms with Crippen molar-refractivity contribution >= 4 is 42.4 Å². The van der Waals surface area contributed by atoms with Crippen LogP contribution in [-0.4, -0.2) is 11.1 Å². The molecule has 0 radical (unpaired) electrons. The number of carbonyl (C=O) groups is 1.